The summed E-state index contributed by atoms with van der Waals surface area (Å²) in [6, 6.07) is 24.9. The first-order valence-corrected chi connectivity index (χ1v) is 8.74. The number of aromatic nitrogens is 3. The van der Waals surface area contributed by atoms with Gasteiger partial charge in [-0.25, -0.2) is 4.68 Å². The minimum atomic E-state index is 0.189. The summed E-state index contributed by atoms with van der Waals surface area (Å²) in [6.07, 6.45) is 3.28. The quantitative estimate of drug-likeness (QED) is 0.577. The molecule has 4 rings (SSSR count). The Morgan fingerprint density at radius 2 is 1.64 bits per heavy atom. The van der Waals surface area contributed by atoms with Gasteiger partial charge < -0.3 is 5.11 Å². The molecule has 4 aromatic rings. The average molecular weight is 367 g/mol. The van der Waals surface area contributed by atoms with Gasteiger partial charge in [-0.3, -0.25) is 5.01 Å². The summed E-state index contributed by atoms with van der Waals surface area (Å²) in [5.74, 6) is 0.189. The van der Waals surface area contributed by atoms with Crippen LogP contribution in [0.5, 0.6) is 5.75 Å². The lowest BCUT2D eigenvalue weighted by Crippen LogP contribution is -2.27. The molecule has 1 heterocycles. The zero-order valence-corrected chi connectivity index (χ0v) is 15.0. The molecule has 6 heteroatoms. The van der Waals surface area contributed by atoms with Gasteiger partial charge in [0.15, 0.2) is 0 Å². The molecule has 28 heavy (non-hydrogen) atoms. The fraction of sp³-hybridized carbons (Fsp3) is 0.0455. The van der Waals surface area contributed by atoms with Crippen molar-refractivity contribution in [2.24, 2.45) is 0 Å². The van der Waals surface area contributed by atoms with Crippen molar-refractivity contribution in [2.45, 2.75) is 6.54 Å². The first-order valence-electron chi connectivity index (χ1n) is 8.74. The highest BCUT2D eigenvalue weighted by Gasteiger charge is 2.14. The maximum atomic E-state index is 9.57. The number of phenolic OH excluding ortho intramolecular Hbond substituents is 1. The fourth-order valence-electron chi connectivity index (χ4n) is 3.05. The lowest BCUT2D eigenvalue weighted by atomic mass is 9.99. The maximum absolute atomic E-state index is 9.57. The SMILES string of the molecule is N#Cc1ccc(N(Cc2ccccc2)n2cnnc2)cc1-c1ccc(O)cc1. The van der Waals surface area contributed by atoms with Crippen molar-refractivity contribution in [3.8, 4) is 22.9 Å². The minimum Gasteiger partial charge on any atom is -0.508 e. The maximum Gasteiger partial charge on any atom is 0.139 e. The van der Waals surface area contributed by atoms with Crippen LogP contribution in [-0.2, 0) is 6.54 Å². The Bertz CT molecular complexity index is 1100. The summed E-state index contributed by atoms with van der Waals surface area (Å²) >= 11 is 0. The van der Waals surface area contributed by atoms with E-state index in [2.05, 4.69) is 28.4 Å². The first kappa shape index (κ1) is 17.3. The summed E-state index contributed by atoms with van der Waals surface area (Å²) in [4.78, 5) is 0. The number of nitrogens with zero attached hydrogens (tertiary/aromatic N) is 5. The summed E-state index contributed by atoms with van der Waals surface area (Å²) in [7, 11) is 0. The summed E-state index contributed by atoms with van der Waals surface area (Å²) in [5.41, 5.74) is 4.25. The van der Waals surface area contributed by atoms with Crippen LogP contribution in [0.15, 0.2) is 85.5 Å². The first-order chi connectivity index (χ1) is 13.7. The predicted octanol–water partition coefficient (Wildman–Crippen LogP) is 3.99. The van der Waals surface area contributed by atoms with Crippen molar-refractivity contribution in [1.29, 1.82) is 5.26 Å². The second-order valence-corrected chi connectivity index (χ2v) is 6.27. The Morgan fingerprint density at radius 3 is 2.32 bits per heavy atom. The van der Waals surface area contributed by atoms with Crippen molar-refractivity contribution in [1.82, 2.24) is 14.9 Å². The van der Waals surface area contributed by atoms with Crippen LogP contribution < -0.4 is 5.01 Å². The van der Waals surface area contributed by atoms with Crippen LogP contribution in [0.2, 0.25) is 0 Å². The molecule has 0 aliphatic heterocycles. The number of hydrogen-bond acceptors (Lipinski definition) is 5. The molecule has 0 unspecified atom stereocenters. The third-order valence-electron chi connectivity index (χ3n) is 4.46. The van der Waals surface area contributed by atoms with Gasteiger partial charge in [0.1, 0.15) is 18.4 Å². The van der Waals surface area contributed by atoms with E-state index in [1.165, 1.54) is 0 Å². The second-order valence-electron chi connectivity index (χ2n) is 6.27. The number of nitriles is 1. The highest BCUT2D eigenvalue weighted by molar-refractivity contribution is 5.75. The molecule has 0 saturated heterocycles. The molecule has 136 valence electrons. The minimum absolute atomic E-state index is 0.189. The molecule has 0 saturated carbocycles. The molecule has 6 nitrogen and oxygen atoms in total. The van der Waals surface area contributed by atoms with E-state index in [0.717, 1.165) is 22.4 Å². The van der Waals surface area contributed by atoms with E-state index in [1.807, 2.05) is 40.0 Å². The van der Waals surface area contributed by atoms with E-state index < -0.39 is 0 Å². The number of rotatable bonds is 5. The standard InChI is InChI=1S/C22H17N5O/c23-13-19-6-9-20(12-22(19)18-7-10-21(28)11-8-18)27(26-15-24-25-16-26)14-17-4-2-1-3-5-17/h1-12,15-16,28H,14H2. The summed E-state index contributed by atoms with van der Waals surface area (Å²) in [5, 5.41) is 29.0. The molecule has 0 amide bonds. The molecule has 0 fully saturated rings. The smallest absolute Gasteiger partial charge is 0.139 e. The molecular formula is C22H17N5O. The Morgan fingerprint density at radius 1 is 0.929 bits per heavy atom. The van der Waals surface area contributed by atoms with Crippen LogP contribution in [0.3, 0.4) is 0 Å². The molecule has 0 aliphatic rings. The molecule has 0 atom stereocenters. The third-order valence-corrected chi connectivity index (χ3v) is 4.46. The van der Waals surface area contributed by atoms with E-state index in [1.54, 1.807) is 43.0 Å². The second kappa shape index (κ2) is 7.64. The van der Waals surface area contributed by atoms with Gasteiger partial charge in [-0.15, -0.1) is 10.2 Å². The van der Waals surface area contributed by atoms with Crippen molar-refractivity contribution >= 4 is 5.69 Å². The van der Waals surface area contributed by atoms with Crippen LogP contribution in [-0.4, -0.2) is 20.0 Å². The topological polar surface area (TPSA) is 78.0 Å². The summed E-state index contributed by atoms with van der Waals surface area (Å²) < 4.78 is 1.81. The number of hydrogen-bond donors (Lipinski definition) is 1. The number of anilines is 1. The normalized spacial score (nSPS) is 10.4. The Kier molecular flexibility index (Phi) is 4.72. The lowest BCUT2D eigenvalue weighted by molar-refractivity contribution is 0.475. The molecule has 1 N–H and O–H groups in total. The molecule has 0 bridgehead atoms. The van der Waals surface area contributed by atoms with E-state index >= 15 is 0 Å². The van der Waals surface area contributed by atoms with Gasteiger partial charge in [-0.1, -0.05) is 42.5 Å². The van der Waals surface area contributed by atoms with E-state index in [-0.39, 0.29) is 5.75 Å². The van der Waals surface area contributed by atoms with Gasteiger partial charge in [0.2, 0.25) is 0 Å². The zero-order valence-electron chi connectivity index (χ0n) is 15.0. The predicted molar refractivity (Wildman–Crippen MR) is 106 cm³/mol. The highest BCUT2D eigenvalue weighted by Crippen LogP contribution is 2.30. The van der Waals surface area contributed by atoms with E-state index in [9.17, 15) is 10.4 Å². The molecule has 0 radical (unpaired) electrons. The van der Waals surface area contributed by atoms with Crippen molar-refractivity contribution < 1.29 is 5.11 Å². The van der Waals surface area contributed by atoms with E-state index in [0.29, 0.717) is 12.1 Å². The highest BCUT2D eigenvalue weighted by atomic mass is 16.3. The molecule has 0 aliphatic carbocycles. The molecule has 0 spiro atoms. The van der Waals surface area contributed by atoms with E-state index in [4.69, 9.17) is 0 Å². The van der Waals surface area contributed by atoms with Crippen LogP contribution in [0.4, 0.5) is 5.69 Å². The van der Waals surface area contributed by atoms with Gasteiger partial charge in [0.25, 0.3) is 0 Å². The van der Waals surface area contributed by atoms with Crippen LogP contribution in [0, 0.1) is 11.3 Å². The molecule has 1 aromatic heterocycles. The van der Waals surface area contributed by atoms with Crippen molar-refractivity contribution in [3.05, 3.63) is 96.6 Å². The number of aromatic hydroxyl groups is 1. The van der Waals surface area contributed by atoms with Crippen molar-refractivity contribution in [3.63, 3.8) is 0 Å². The Balaban J connectivity index is 1.79. The Labute approximate surface area is 162 Å². The van der Waals surface area contributed by atoms with Crippen LogP contribution >= 0.6 is 0 Å². The number of phenols is 1. The fourth-order valence-corrected chi connectivity index (χ4v) is 3.05. The molecular weight excluding hydrogens is 350 g/mol. The lowest BCUT2D eigenvalue weighted by Gasteiger charge is -2.26. The Hall–Kier alpha value is -4.11. The molecule has 3 aromatic carbocycles. The van der Waals surface area contributed by atoms with Crippen molar-refractivity contribution in [2.75, 3.05) is 5.01 Å². The monoisotopic (exact) mass is 367 g/mol. The van der Waals surface area contributed by atoms with Gasteiger partial charge in [0.05, 0.1) is 23.9 Å². The largest absolute Gasteiger partial charge is 0.508 e. The van der Waals surface area contributed by atoms with Gasteiger partial charge >= 0.3 is 0 Å². The third kappa shape index (κ3) is 3.55. The van der Waals surface area contributed by atoms with Gasteiger partial charge in [0, 0.05) is 5.56 Å². The average Bonchev–Trinajstić information content (AvgIpc) is 3.27. The summed E-state index contributed by atoms with van der Waals surface area (Å²) in [6.45, 7) is 0.611. The van der Waals surface area contributed by atoms with Gasteiger partial charge in [-0.2, -0.15) is 5.26 Å². The van der Waals surface area contributed by atoms with Crippen LogP contribution in [0.25, 0.3) is 11.1 Å². The number of benzene rings is 3. The van der Waals surface area contributed by atoms with Gasteiger partial charge in [-0.05, 0) is 41.5 Å². The zero-order chi connectivity index (χ0) is 19.3. The van der Waals surface area contributed by atoms with Crippen LogP contribution in [0.1, 0.15) is 11.1 Å².